The van der Waals surface area contributed by atoms with Gasteiger partial charge in [0.05, 0.1) is 0 Å². The predicted octanol–water partition coefficient (Wildman–Crippen LogP) is 2.52. The minimum Gasteiger partial charge on any atom is -0.348 e. The van der Waals surface area contributed by atoms with Crippen LogP contribution in [-0.2, 0) is 6.42 Å². The first-order chi connectivity index (χ1) is 11.3. The van der Waals surface area contributed by atoms with Gasteiger partial charge in [0, 0.05) is 37.1 Å². The fourth-order valence-electron chi connectivity index (χ4n) is 3.08. The first kappa shape index (κ1) is 15.7. The van der Waals surface area contributed by atoms with Crippen LogP contribution in [-0.4, -0.2) is 41.5 Å². The number of aromatic nitrogens is 1. The molecule has 1 aliphatic rings. The molecule has 0 radical (unpaired) electrons. The normalized spacial score (nSPS) is 18.5. The first-order valence-corrected chi connectivity index (χ1v) is 8.28. The molecule has 4 nitrogen and oxygen atoms in total. The molecule has 120 valence electrons. The molecule has 0 saturated carbocycles. The van der Waals surface area contributed by atoms with Gasteiger partial charge in [0.15, 0.2) is 0 Å². The number of hydrogen-bond acceptors (Lipinski definition) is 3. The molecule has 0 unspecified atom stereocenters. The number of pyridine rings is 1. The highest BCUT2D eigenvalue weighted by Crippen LogP contribution is 2.12. The highest BCUT2D eigenvalue weighted by atomic mass is 16.1. The Bertz CT molecular complexity index is 615. The minimum atomic E-state index is 0.00214. The average Bonchev–Trinajstić information content (AvgIpc) is 2.62. The van der Waals surface area contributed by atoms with E-state index in [2.05, 4.69) is 45.5 Å². The summed E-state index contributed by atoms with van der Waals surface area (Å²) in [5.74, 6) is 0.00214. The fraction of sp³-hybridized carbons (Fsp3) is 0.368. The van der Waals surface area contributed by atoms with Crippen LogP contribution in [0.5, 0.6) is 0 Å². The van der Waals surface area contributed by atoms with Crippen molar-refractivity contribution in [2.45, 2.75) is 25.3 Å². The molecule has 3 rings (SSSR count). The second-order valence-corrected chi connectivity index (χ2v) is 6.08. The van der Waals surface area contributed by atoms with E-state index < -0.39 is 0 Å². The number of rotatable bonds is 5. The minimum absolute atomic E-state index is 0.00214. The molecule has 4 heteroatoms. The van der Waals surface area contributed by atoms with E-state index in [0.717, 1.165) is 38.9 Å². The lowest BCUT2D eigenvalue weighted by molar-refractivity contribution is 0.0904. The van der Waals surface area contributed by atoms with Crippen LogP contribution in [0, 0.1) is 0 Å². The molecule has 0 spiro atoms. The van der Waals surface area contributed by atoms with E-state index in [1.165, 1.54) is 5.56 Å². The molecule has 23 heavy (non-hydrogen) atoms. The van der Waals surface area contributed by atoms with Gasteiger partial charge in [0.2, 0.25) is 0 Å². The molecule has 1 aromatic carbocycles. The monoisotopic (exact) mass is 309 g/mol. The maximum atomic E-state index is 12.2. The molecule has 1 N–H and O–H groups in total. The van der Waals surface area contributed by atoms with Gasteiger partial charge in [0.25, 0.3) is 5.91 Å². The topological polar surface area (TPSA) is 45.2 Å². The van der Waals surface area contributed by atoms with Gasteiger partial charge in [-0.25, -0.2) is 0 Å². The Kier molecular flexibility index (Phi) is 5.37. The molecular weight excluding hydrogens is 286 g/mol. The van der Waals surface area contributed by atoms with Gasteiger partial charge < -0.3 is 10.2 Å². The van der Waals surface area contributed by atoms with E-state index in [0.29, 0.717) is 5.56 Å². The van der Waals surface area contributed by atoms with Crippen LogP contribution in [0.3, 0.4) is 0 Å². The number of carbonyl (C=O) groups excluding carboxylic acids is 1. The van der Waals surface area contributed by atoms with E-state index in [1.807, 2.05) is 0 Å². The zero-order valence-corrected chi connectivity index (χ0v) is 13.3. The summed E-state index contributed by atoms with van der Waals surface area (Å²) in [5.41, 5.74) is 2.05. The van der Waals surface area contributed by atoms with Crippen LogP contribution in [0.2, 0.25) is 0 Å². The SMILES string of the molecule is O=C(N[C@@H]1CCCN(CCc2ccccc2)C1)c1ccncc1. The Morgan fingerprint density at radius 3 is 2.74 bits per heavy atom. The maximum absolute atomic E-state index is 12.2. The first-order valence-electron chi connectivity index (χ1n) is 8.28. The van der Waals surface area contributed by atoms with Crippen LogP contribution < -0.4 is 5.32 Å². The van der Waals surface area contributed by atoms with E-state index in [1.54, 1.807) is 24.5 Å². The van der Waals surface area contributed by atoms with Gasteiger partial charge in [-0.05, 0) is 43.5 Å². The summed E-state index contributed by atoms with van der Waals surface area (Å²) in [6.45, 7) is 3.10. The standard InChI is InChI=1S/C19H23N3O/c23-19(17-8-11-20-12-9-17)21-18-7-4-13-22(15-18)14-10-16-5-2-1-3-6-16/h1-3,5-6,8-9,11-12,18H,4,7,10,13-15H2,(H,21,23)/t18-/m1/s1. The number of nitrogens with one attached hydrogen (secondary N) is 1. The Morgan fingerprint density at radius 2 is 1.96 bits per heavy atom. The molecule has 2 heterocycles. The van der Waals surface area contributed by atoms with Crippen molar-refractivity contribution in [3.05, 3.63) is 66.0 Å². The molecule has 1 atom stereocenters. The lowest BCUT2D eigenvalue weighted by Crippen LogP contribution is -2.48. The van der Waals surface area contributed by atoms with Crippen molar-refractivity contribution < 1.29 is 4.79 Å². The summed E-state index contributed by atoms with van der Waals surface area (Å²) in [7, 11) is 0. The average molecular weight is 309 g/mol. The Balaban J connectivity index is 1.49. The number of piperidine rings is 1. The van der Waals surface area contributed by atoms with Crippen molar-refractivity contribution in [2.24, 2.45) is 0 Å². The van der Waals surface area contributed by atoms with E-state index in [9.17, 15) is 4.79 Å². The number of carbonyl (C=O) groups is 1. The predicted molar refractivity (Wildman–Crippen MR) is 91.3 cm³/mol. The van der Waals surface area contributed by atoms with Crippen molar-refractivity contribution in [1.29, 1.82) is 0 Å². The Hall–Kier alpha value is -2.20. The third kappa shape index (κ3) is 4.63. The molecule has 1 fully saturated rings. The summed E-state index contributed by atoms with van der Waals surface area (Å²) >= 11 is 0. The van der Waals surface area contributed by atoms with Crippen LogP contribution in [0.25, 0.3) is 0 Å². The third-order valence-electron chi connectivity index (χ3n) is 4.34. The van der Waals surface area contributed by atoms with Gasteiger partial charge in [0.1, 0.15) is 0 Å². The van der Waals surface area contributed by atoms with Gasteiger partial charge in [-0.15, -0.1) is 0 Å². The van der Waals surface area contributed by atoms with Crippen LogP contribution in [0.4, 0.5) is 0 Å². The number of benzene rings is 1. The number of amides is 1. The smallest absolute Gasteiger partial charge is 0.251 e. The van der Waals surface area contributed by atoms with Crippen molar-refractivity contribution in [2.75, 3.05) is 19.6 Å². The van der Waals surface area contributed by atoms with Crippen LogP contribution in [0.1, 0.15) is 28.8 Å². The van der Waals surface area contributed by atoms with Crippen LogP contribution in [0.15, 0.2) is 54.9 Å². The van der Waals surface area contributed by atoms with Crippen LogP contribution >= 0.6 is 0 Å². The van der Waals surface area contributed by atoms with E-state index in [4.69, 9.17) is 0 Å². The van der Waals surface area contributed by atoms with Crippen molar-refractivity contribution in [1.82, 2.24) is 15.2 Å². The van der Waals surface area contributed by atoms with E-state index >= 15 is 0 Å². The Labute approximate surface area is 137 Å². The molecule has 2 aromatic rings. The second kappa shape index (κ2) is 7.88. The summed E-state index contributed by atoms with van der Waals surface area (Å²) < 4.78 is 0. The lowest BCUT2D eigenvalue weighted by atomic mass is 10.0. The highest BCUT2D eigenvalue weighted by Gasteiger charge is 2.21. The summed E-state index contributed by atoms with van der Waals surface area (Å²) in [4.78, 5) is 18.6. The van der Waals surface area contributed by atoms with Gasteiger partial charge in [-0.2, -0.15) is 0 Å². The van der Waals surface area contributed by atoms with Gasteiger partial charge in [-0.1, -0.05) is 30.3 Å². The Morgan fingerprint density at radius 1 is 1.17 bits per heavy atom. The quantitative estimate of drug-likeness (QED) is 0.923. The summed E-state index contributed by atoms with van der Waals surface area (Å²) in [6.07, 6.45) is 6.56. The third-order valence-corrected chi connectivity index (χ3v) is 4.34. The highest BCUT2D eigenvalue weighted by molar-refractivity contribution is 5.94. The molecule has 1 aliphatic heterocycles. The van der Waals surface area contributed by atoms with E-state index in [-0.39, 0.29) is 11.9 Å². The van der Waals surface area contributed by atoms with Crippen molar-refractivity contribution in [3.8, 4) is 0 Å². The van der Waals surface area contributed by atoms with Crippen molar-refractivity contribution in [3.63, 3.8) is 0 Å². The number of hydrogen-bond donors (Lipinski definition) is 1. The summed E-state index contributed by atoms with van der Waals surface area (Å²) in [5, 5.41) is 3.15. The molecule has 1 aromatic heterocycles. The maximum Gasteiger partial charge on any atom is 0.251 e. The van der Waals surface area contributed by atoms with Gasteiger partial charge in [-0.3, -0.25) is 9.78 Å². The largest absolute Gasteiger partial charge is 0.348 e. The second-order valence-electron chi connectivity index (χ2n) is 6.08. The number of likely N-dealkylation sites (tertiary alicyclic amines) is 1. The van der Waals surface area contributed by atoms with Gasteiger partial charge >= 0.3 is 0 Å². The lowest BCUT2D eigenvalue weighted by Gasteiger charge is -2.33. The molecule has 1 amide bonds. The van der Waals surface area contributed by atoms with Crippen molar-refractivity contribution >= 4 is 5.91 Å². The molecular formula is C19H23N3O. The fourth-order valence-corrected chi connectivity index (χ4v) is 3.08. The molecule has 0 bridgehead atoms. The molecule has 1 saturated heterocycles. The molecule has 0 aliphatic carbocycles. The zero-order valence-electron chi connectivity index (χ0n) is 13.3. The number of nitrogens with zero attached hydrogens (tertiary/aromatic N) is 2. The zero-order chi connectivity index (χ0) is 15.9. The summed E-state index contributed by atoms with van der Waals surface area (Å²) in [6, 6.07) is 14.3.